The molecule has 0 spiro atoms. The van der Waals surface area contributed by atoms with Crippen molar-refractivity contribution < 1.29 is 4.79 Å². The van der Waals surface area contributed by atoms with Gasteiger partial charge in [0.15, 0.2) is 0 Å². The molecule has 0 saturated heterocycles. The number of nitrogens with zero attached hydrogens (tertiary/aromatic N) is 3. The monoisotopic (exact) mass is 368 g/mol. The van der Waals surface area contributed by atoms with E-state index in [2.05, 4.69) is 15.3 Å². The predicted molar refractivity (Wildman–Crippen MR) is 98.2 cm³/mol. The molecule has 1 aromatic heterocycles. The molecule has 25 heavy (non-hydrogen) atoms. The maximum atomic E-state index is 12.3. The molecule has 1 N–H and O–H groups in total. The summed E-state index contributed by atoms with van der Waals surface area (Å²) in [5.41, 5.74) is 2.11. The van der Waals surface area contributed by atoms with Gasteiger partial charge in [0.1, 0.15) is 11.6 Å². The van der Waals surface area contributed by atoms with Gasteiger partial charge < -0.3 is 5.32 Å². The van der Waals surface area contributed by atoms with Crippen LogP contribution in [0.2, 0.25) is 10.0 Å². The second kappa shape index (κ2) is 7.31. The number of para-hydroxylation sites is 2. The fourth-order valence-electron chi connectivity index (χ4n) is 2.16. The molecule has 0 atom stereocenters. The van der Waals surface area contributed by atoms with E-state index in [1.807, 2.05) is 24.3 Å². The van der Waals surface area contributed by atoms with Gasteiger partial charge in [-0.15, -0.1) is 0 Å². The SMILES string of the molecule is N#C/C(=C\c1cnc2ccccc2n1)C(=O)Nc1cc(Cl)cc(Cl)c1. The van der Waals surface area contributed by atoms with Crippen molar-refractivity contribution in [2.45, 2.75) is 0 Å². The summed E-state index contributed by atoms with van der Waals surface area (Å²) in [5.74, 6) is -0.587. The number of amides is 1. The van der Waals surface area contributed by atoms with E-state index in [9.17, 15) is 10.1 Å². The van der Waals surface area contributed by atoms with Crippen LogP contribution in [0.3, 0.4) is 0 Å². The van der Waals surface area contributed by atoms with Crippen LogP contribution < -0.4 is 5.32 Å². The van der Waals surface area contributed by atoms with Crippen molar-refractivity contribution in [1.29, 1.82) is 5.26 Å². The summed E-state index contributed by atoms with van der Waals surface area (Å²) in [5, 5.41) is 12.6. The number of fused-ring (bicyclic) bond motifs is 1. The Morgan fingerprint density at radius 3 is 2.48 bits per heavy atom. The second-order valence-corrected chi connectivity index (χ2v) is 5.94. The highest BCUT2D eigenvalue weighted by molar-refractivity contribution is 6.35. The molecule has 2 aromatic carbocycles. The van der Waals surface area contributed by atoms with E-state index < -0.39 is 5.91 Å². The predicted octanol–water partition coefficient (Wildman–Crippen LogP) is 4.48. The summed E-state index contributed by atoms with van der Waals surface area (Å²) in [6.07, 6.45) is 2.88. The Bertz CT molecular complexity index is 1020. The molecule has 5 nitrogen and oxygen atoms in total. The lowest BCUT2D eigenvalue weighted by molar-refractivity contribution is -0.112. The molecule has 1 amide bonds. The number of benzene rings is 2. The highest BCUT2D eigenvalue weighted by Crippen LogP contribution is 2.23. The Morgan fingerprint density at radius 1 is 1.12 bits per heavy atom. The molecule has 3 rings (SSSR count). The van der Waals surface area contributed by atoms with E-state index in [0.29, 0.717) is 26.9 Å². The van der Waals surface area contributed by atoms with Crippen LogP contribution in [0.15, 0.2) is 54.2 Å². The Hall–Kier alpha value is -2.94. The molecule has 0 aliphatic rings. The highest BCUT2D eigenvalue weighted by atomic mass is 35.5. The van der Waals surface area contributed by atoms with Gasteiger partial charge in [-0.2, -0.15) is 5.26 Å². The zero-order valence-corrected chi connectivity index (χ0v) is 14.2. The van der Waals surface area contributed by atoms with E-state index >= 15 is 0 Å². The summed E-state index contributed by atoms with van der Waals surface area (Å²) in [6, 6.07) is 13.8. The summed E-state index contributed by atoms with van der Waals surface area (Å²) < 4.78 is 0. The molecule has 7 heteroatoms. The number of hydrogen-bond donors (Lipinski definition) is 1. The molecule has 0 fully saturated rings. The minimum absolute atomic E-state index is 0.110. The summed E-state index contributed by atoms with van der Waals surface area (Å²) in [7, 11) is 0. The molecule has 3 aromatic rings. The van der Waals surface area contributed by atoms with Gasteiger partial charge in [-0.05, 0) is 36.4 Å². The number of carbonyl (C=O) groups excluding carboxylic acids is 1. The maximum absolute atomic E-state index is 12.3. The van der Waals surface area contributed by atoms with E-state index in [-0.39, 0.29) is 5.57 Å². The van der Waals surface area contributed by atoms with Gasteiger partial charge in [0.05, 0.1) is 22.9 Å². The average molecular weight is 369 g/mol. The molecule has 1 heterocycles. The maximum Gasteiger partial charge on any atom is 0.266 e. The molecule has 0 aliphatic carbocycles. The Kier molecular flexibility index (Phi) is 4.94. The van der Waals surface area contributed by atoms with E-state index in [4.69, 9.17) is 23.2 Å². The lowest BCUT2D eigenvalue weighted by Gasteiger charge is -2.05. The first-order valence-electron chi connectivity index (χ1n) is 7.16. The Balaban J connectivity index is 1.88. The third-order valence-electron chi connectivity index (χ3n) is 3.24. The number of rotatable bonds is 3. The summed E-state index contributed by atoms with van der Waals surface area (Å²) >= 11 is 11.8. The highest BCUT2D eigenvalue weighted by Gasteiger charge is 2.11. The van der Waals surface area contributed by atoms with Gasteiger partial charge in [0, 0.05) is 15.7 Å². The molecular weight excluding hydrogens is 359 g/mol. The fourth-order valence-corrected chi connectivity index (χ4v) is 2.69. The van der Waals surface area contributed by atoms with Gasteiger partial charge in [-0.1, -0.05) is 35.3 Å². The van der Waals surface area contributed by atoms with Crippen LogP contribution in [-0.2, 0) is 4.79 Å². The number of anilines is 1. The van der Waals surface area contributed by atoms with Crippen LogP contribution >= 0.6 is 23.2 Å². The largest absolute Gasteiger partial charge is 0.321 e. The van der Waals surface area contributed by atoms with Gasteiger partial charge in [-0.3, -0.25) is 9.78 Å². The fraction of sp³-hybridized carbons (Fsp3) is 0. The van der Waals surface area contributed by atoms with Gasteiger partial charge >= 0.3 is 0 Å². The molecule has 0 saturated carbocycles. The van der Waals surface area contributed by atoms with Crippen LogP contribution in [0.4, 0.5) is 5.69 Å². The third-order valence-corrected chi connectivity index (χ3v) is 3.68. The van der Waals surface area contributed by atoms with Crippen molar-refractivity contribution in [3.8, 4) is 6.07 Å². The van der Waals surface area contributed by atoms with Crippen molar-refractivity contribution >= 4 is 51.9 Å². The average Bonchev–Trinajstić information content (AvgIpc) is 2.58. The smallest absolute Gasteiger partial charge is 0.266 e. The van der Waals surface area contributed by atoms with E-state index in [1.165, 1.54) is 24.4 Å². The third kappa shape index (κ3) is 4.13. The van der Waals surface area contributed by atoms with Gasteiger partial charge in [-0.25, -0.2) is 4.98 Å². The van der Waals surface area contributed by atoms with Crippen molar-refractivity contribution in [1.82, 2.24) is 9.97 Å². The topological polar surface area (TPSA) is 78.7 Å². The van der Waals surface area contributed by atoms with Crippen LogP contribution in [-0.4, -0.2) is 15.9 Å². The minimum atomic E-state index is -0.587. The number of nitrogens with one attached hydrogen (secondary N) is 1. The first-order valence-corrected chi connectivity index (χ1v) is 7.92. The van der Waals surface area contributed by atoms with Crippen LogP contribution in [0.5, 0.6) is 0 Å². The summed E-state index contributed by atoms with van der Waals surface area (Å²) in [6.45, 7) is 0. The van der Waals surface area contributed by atoms with Crippen LogP contribution in [0.25, 0.3) is 17.1 Å². The van der Waals surface area contributed by atoms with Gasteiger partial charge in [0.2, 0.25) is 0 Å². The number of nitriles is 1. The summed E-state index contributed by atoms with van der Waals surface area (Å²) in [4.78, 5) is 20.9. The quantitative estimate of drug-likeness (QED) is 0.545. The van der Waals surface area contributed by atoms with Crippen LogP contribution in [0, 0.1) is 11.3 Å². The molecule has 0 bridgehead atoms. The number of halogens is 2. The molecule has 0 radical (unpaired) electrons. The zero-order valence-electron chi connectivity index (χ0n) is 12.7. The molecular formula is C18H10Cl2N4O. The Morgan fingerprint density at radius 2 is 1.80 bits per heavy atom. The van der Waals surface area contributed by atoms with Crippen molar-refractivity contribution in [2.24, 2.45) is 0 Å². The minimum Gasteiger partial charge on any atom is -0.321 e. The molecule has 0 unspecified atom stereocenters. The normalized spacial score (nSPS) is 11.2. The molecule has 0 aliphatic heterocycles. The lowest BCUT2D eigenvalue weighted by atomic mass is 10.2. The van der Waals surface area contributed by atoms with E-state index in [0.717, 1.165) is 5.52 Å². The van der Waals surface area contributed by atoms with Crippen molar-refractivity contribution in [3.05, 3.63) is 70.0 Å². The van der Waals surface area contributed by atoms with Gasteiger partial charge in [0.25, 0.3) is 5.91 Å². The first-order chi connectivity index (χ1) is 12.0. The number of hydrogen-bond acceptors (Lipinski definition) is 4. The Labute approximate surface area is 153 Å². The van der Waals surface area contributed by atoms with Crippen molar-refractivity contribution in [2.75, 3.05) is 5.32 Å². The van der Waals surface area contributed by atoms with E-state index in [1.54, 1.807) is 12.1 Å². The second-order valence-electron chi connectivity index (χ2n) is 5.07. The lowest BCUT2D eigenvalue weighted by Crippen LogP contribution is -2.13. The first kappa shape index (κ1) is 16.9. The van der Waals surface area contributed by atoms with Crippen LogP contribution in [0.1, 0.15) is 5.69 Å². The molecule has 122 valence electrons. The van der Waals surface area contributed by atoms with Crippen molar-refractivity contribution in [3.63, 3.8) is 0 Å². The number of aromatic nitrogens is 2. The number of carbonyl (C=O) groups is 1. The standard InChI is InChI=1S/C18H10Cl2N4O/c19-12-6-13(20)8-14(7-12)24-18(25)11(9-21)5-15-10-22-16-3-1-2-4-17(16)23-15/h1-8,10H,(H,24,25)/b11-5+. The zero-order chi connectivity index (χ0) is 17.8.